The van der Waals surface area contributed by atoms with Crippen molar-refractivity contribution in [3.05, 3.63) is 90.0 Å². The fourth-order valence-electron chi connectivity index (χ4n) is 3.20. The smallest absolute Gasteiger partial charge is 0.430 e. The molecule has 0 radical (unpaired) electrons. The van der Waals surface area contributed by atoms with Gasteiger partial charge in [-0.25, -0.2) is 4.79 Å². The summed E-state index contributed by atoms with van der Waals surface area (Å²) in [7, 11) is -2.66. The number of carboxylic acid groups (broad SMARTS) is 1. The standard InChI is InChI=1S/C21H20NO2P/c1-16-10-6-8-14-19(16)25(22-21(23)24,18-12-4-3-5-13-18)20-15-9-7-11-17(20)2/h3-15H,1-2H3,(H,23,24). The maximum atomic E-state index is 11.8. The van der Waals surface area contributed by atoms with Crippen molar-refractivity contribution in [1.82, 2.24) is 0 Å². The van der Waals surface area contributed by atoms with E-state index in [0.29, 0.717) is 0 Å². The molecule has 25 heavy (non-hydrogen) atoms. The van der Waals surface area contributed by atoms with Gasteiger partial charge in [-0.05, 0) is 25.0 Å². The summed E-state index contributed by atoms with van der Waals surface area (Å²) in [6.45, 7) is 4.03. The minimum atomic E-state index is -2.66. The Labute approximate surface area is 148 Å². The van der Waals surface area contributed by atoms with Crippen LogP contribution < -0.4 is 15.9 Å². The second kappa shape index (κ2) is 7.08. The van der Waals surface area contributed by atoms with Gasteiger partial charge in [0.1, 0.15) is 0 Å². The lowest BCUT2D eigenvalue weighted by Crippen LogP contribution is -2.29. The van der Waals surface area contributed by atoms with Crippen LogP contribution in [0.15, 0.2) is 83.6 Å². The normalized spacial score (nSPS) is 11.1. The first kappa shape index (κ1) is 17.2. The first-order chi connectivity index (χ1) is 12.1. The van der Waals surface area contributed by atoms with E-state index in [0.717, 1.165) is 27.0 Å². The number of rotatable bonds is 3. The number of nitrogens with zero attached hydrogens (tertiary/aromatic N) is 1. The Morgan fingerprint density at radius 2 is 1.20 bits per heavy atom. The zero-order valence-electron chi connectivity index (χ0n) is 14.3. The molecule has 0 fully saturated rings. The SMILES string of the molecule is Cc1ccccc1P(=NC(=O)O)(c1ccccc1)c1ccccc1C. The minimum Gasteiger partial charge on any atom is -0.463 e. The Morgan fingerprint density at radius 3 is 1.64 bits per heavy atom. The quantitative estimate of drug-likeness (QED) is 0.710. The van der Waals surface area contributed by atoms with Gasteiger partial charge in [0.15, 0.2) is 0 Å². The first-order valence-corrected chi connectivity index (χ1v) is 9.83. The fraction of sp³-hybridized carbons (Fsp3) is 0.0952. The molecule has 126 valence electrons. The number of benzene rings is 3. The van der Waals surface area contributed by atoms with Crippen molar-refractivity contribution in [2.75, 3.05) is 0 Å². The Hall–Kier alpha value is -2.64. The summed E-state index contributed by atoms with van der Waals surface area (Å²) < 4.78 is 4.37. The molecule has 0 aliphatic heterocycles. The lowest BCUT2D eigenvalue weighted by Gasteiger charge is -2.28. The van der Waals surface area contributed by atoms with Crippen molar-refractivity contribution in [3.8, 4) is 0 Å². The Kier molecular flexibility index (Phi) is 4.87. The van der Waals surface area contributed by atoms with Gasteiger partial charge in [0.05, 0.1) is 7.05 Å². The highest BCUT2D eigenvalue weighted by Gasteiger charge is 2.31. The molecule has 0 atom stereocenters. The molecule has 0 aromatic heterocycles. The van der Waals surface area contributed by atoms with Crippen molar-refractivity contribution < 1.29 is 9.90 Å². The van der Waals surface area contributed by atoms with Crippen LogP contribution in [0.4, 0.5) is 4.79 Å². The molecule has 0 heterocycles. The average Bonchev–Trinajstić information content (AvgIpc) is 2.61. The minimum absolute atomic E-state index is 0.945. The van der Waals surface area contributed by atoms with Gasteiger partial charge in [-0.1, -0.05) is 78.9 Å². The molecule has 1 amide bonds. The summed E-state index contributed by atoms with van der Waals surface area (Å²) in [6.07, 6.45) is -1.14. The molecule has 4 heteroatoms. The number of hydrogen-bond acceptors (Lipinski definition) is 1. The number of carbonyl (C=O) groups is 1. The van der Waals surface area contributed by atoms with Crippen molar-refractivity contribution >= 4 is 29.1 Å². The summed E-state index contributed by atoms with van der Waals surface area (Å²) >= 11 is 0. The maximum Gasteiger partial charge on any atom is 0.430 e. The number of hydrogen-bond donors (Lipinski definition) is 1. The summed E-state index contributed by atoms with van der Waals surface area (Å²) in [5.74, 6) is 0. The van der Waals surface area contributed by atoms with Crippen molar-refractivity contribution in [1.29, 1.82) is 0 Å². The summed E-state index contributed by atoms with van der Waals surface area (Å²) in [4.78, 5) is 11.8. The highest BCUT2D eigenvalue weighted by atomic mass is 31.2. The van der Waals surface area contributed by atoms with E-state index in [1.54, 1.807) is 0 Å². The molecular weight excluding hydrogens is 329 g/mol. The van der Waals surface area contributed by atoms with Gasteiger partial charge in [0, 0.05) is 15.9 Å². The Balaban J connectivity index is 2.53. The molecule has 3 aromatic carbocycles. The van der Waals surface area contributed by atoms with Gasteiger partial charge in [-0.2, -0.15) is 4.74 Å². The lowest BCUT2D eigenvalue weighted by atomic mass is 10.2. The van der Waals surface area contributed by atoms with Crippen molar-refractivity contribution in [3.63, 3.8) is 0 Å². The molecule has 3 aromatic rings. The molecule has 0 unspecified atom stereocenters. The van der Waals surface area contributed by atoms with E-state index in [-0.39, 0.29) is 0 Å². The molecule has 0 bridgehead atoms. The number of aryl methyl sites for hydroxylation is 2. The average molecular weight is 349 g/mol. The van der Waals surface area contributed by atoms with Gasteiger partial charge in [-0.15, -0.1) is 0 Å². The van der Waals surface area contributed by atoms with E-state index in [1.165, 1.54) is 0 Å². The van der Waals surface area contributed by atoms with Crippen LogP contribution in [-0.4, -0.2) is 11.2 Å². The first-order valence-electron chi connectivity index (χ1n) is 8.09. The summed E-state index contributed by atoms with van der Waals surface area (Å²) in [5.41, 5.74) is 2.10. The van der Waals surface area contributed by atoms with Gasteiger partial charge in [0.25, 0.3) is 0 Å². The van der Waals surface area contributed by atoms with E-state index in [4.69, 9.17) is 0 Å². The molecule has 0 aliphatic rings. The van der Waals surface area contributed by atoms with Crippen molar-refractivity contribution in [2.24, 2.45) is 4.74 Å². The molecular formula is C21H20NO2P. The molecule has 3 rings (SSSR count). The monoisotopic (exact) mass is 349 g/mol. The fourth-order valence-corrected chi connectivity index (χ4v) is 6.98. The highest BCUT2D eigenvalue weighted by molar-refractivity contribution is 7.87. The Bertz CT molecular complexity index is 915. The van der Waals surface area contributed by atoms with Crippen molar-refractivity contribution in [2.45, 2.75) is 13.8 Å². The number of amides is 1. The molecule has 1 N–H and O–H groups in total. The van der Waals surface area contributed by atoms with Crippen LogP contribution >= 0.6 is 7.05 Å². The zero-order valence-corrected chi connectivity index (χ0v) is 15.1. The van der Waals surface area contributed by atoms with Gasteiger partial charge in [-0.3, -0.25) is 0 Å². The highest BCUT2D eigenvalue weighted by Crippen LogP contribution is 2.48. The van der Waals surface area contributed by atoms with Gasteiger partial charge >= 0.3 is 6.09 Å². The van der Waals surface area contributed by atoms with Crippen LogP contribution in [0.5, 0.6) is 0 Å². The van der Waals surface area contributed by atoms with Crippen LogP contribution in [0.3, 0.4) is 0 Å². The molecule has 0 aliphatic carbocycles. The third kappa shape index (κ3) is 3.16. The van der Waals surface area contributed by atoms with Gasteiger partial charge in [0.2, 0.25) is 0 Å². The molecule has 0 saturated carbocycles. The third-order valence-electron chi connectivity index (χ3n) is 4.29. The molecule has 0 saturated heterocycles. The third-order valence-corrected chi connectivity index (χ3v) is 8.21. The lowest BCUT2D eigenvalue weighted by molar-refractivity contribution is 0.206. The topological polar surface area (TPSA) is 49.7 Å². The van der Waals surface area contributed by atoms with Gasteiger partial charge < -0.3 is 5.11 Å². The molecule has 0 spiro atoms. The predicted molar refractivity (Wildman–Crippen MR) is 105 cm³/mol. The predicted octanol–water partition coefficient (Wildman–Crippen LogP) is 4.46. The maximum absolute atomic E-state index is 11.8. The van der Waals surface area contributed by atoms with Crippen LogP contribution in [0.25, 0.3) is 0 Å². The van der Waals surface area contributed by atoms with E-state index < -0.39 is 13.1 Å². The Morgan fingerprint density at radius 1 is 0.760 bits per heavy atom. The summed E-state index contributed by atoms with van der Waals surface area (Å²) in [6, 6.07) is 25.7. The summed E-state index contributed by atoms with van der Waals surface area (Å²) in [5, 5.41) is 12.6. The van der Waals surface area contributed by atoms with Crippen LogP contribution in [0.2, 0.25) is 0 Å². The largest absolute Gasteiger partial charge is 0.463 e. The van der Waals surface area contributed by atoms with E-state index in [1.807, 2.05) is 92.7 Å². The second-order valence-corrected chi connectivity index (χ2v) is 8.88. The second-order valence-electron chi connectivity index (χ2n) is 5.93. The van der Waals surface area contributed by atoms with Crippen LogP contribution in [-0.2, 0) is 0 Å². The van der Waals surface area contributed by atoms with Crippen LogP contribution in [0.1, 0.15) is 11.1 Å². The zero-order chi connectivity index (χ0) is 17.9. The van der Waals surface area contributed by atoms with E-state index in [9.17, 15) is 9.90 Å². The van der Waals surface area contributed by atoms with E-state index in [2.05, 4.69) is 4.74 Å². The van der Waals surface area contributed by atoms with Crippen LogP contribution in [0, 0.1) is 13.8 Å². The van der Waals surface area contributed by atoms with E-state index >= 15 is 0 Å². The molecule has 3 nitrogen and oxygen atoms in total.